The number of Topliss-reactive ketones (excluding diaryl/α,β-unsaturated/α-hetero) is 1. The van der Waals surface area contributed by atoms with Crippen LogP contribution in [0.25, 0.3) is 0 Å². The summed E-state index contributed by atoms with van der Waals surface area (Å²) < 4.78 is 0. The number of carboxylic acids is 1. The number of rotatable bonds is 5. The van der Waals surface area contributed by atoms with Crippen molar-refractivity contribution >= 4 is 11.8 Å². The summed E-state index contributed by atoms with van der Waals surface area (Å²) in [4.78, 5) is 35.5. The Kier molecular flexibility index (Phi) is 3.54. The van der Waals surface area contributed by atoms with Gasteiger partial charge in [-0.2, -0.15) is 0 Å². The first-order valence-corrected chi connectivity index (χ1v) is 4.14. The van der Waals surface area contributed by atoms with Gasteiger partial charge in [0, 0.05) is 5.56 Å². The van der Waals surface area contributed by atoms with E-state index in [-0.39, 0.29) is 11.1 Å². The molecule has 1 aromatic rings. The quantitative estimate of drug-likeness (QED) is 0.450. The number of aromatic carboxylic acids is 1. The lowest BCUT2D eigenvalue weighted by molar-refractivity contribution is -0.754. The number of hydrogen-bond donors (Lipinski definition) is 1. The smallest absolute Gasteiger partial charge is 0.335 e. The van der Waals surface area contributed by atoms with E-state index in [2.05, 4.69) is 4.84 Å². The number of carboxylic acid groups (broad SMARTS) is 1. The second kappa shape index (κ2) is 4.87. The fraction of sp³-hybridized carbons (Fsp3) is 0.111. The number of carbonyl (C=O) groups is 2. The lowest BCUT2D eigenvalue weighted by Gasteiger charge is -2.00. The molecule has 16 heavy (non-hydrogen) atoms. The average Bonchev–Trinajstić information content (AvgIpc) is 2.26. The highest BCUT2D eigenvalue weighted by atomic mass is 16.9. The largest absolute Gasteiger partial charge is 0.478 e. The van der Waals surface area contributed by atoms with E-state index in [9.17, 15) is 19.7 Å². The van der Waals surface area contributed by atoms with Crippen LogP contribution in [0.15, 0.2) is 24.3 Å². The molecule has 0 radical (unpaired) electrons. The summed E-state index contributed by atoms with van der Waals surface area (Å²) in [6.45, 7) is -0.681. The molecule has 0 unspecified atom stereocenters. The van der Waals surface area contributed by atoms with E-state index in [1.807, 2.05) is 0 Å². The predicted octanol–water partition coefficient (Wildman–Crippen LogP) is 0.776. The number of carbonyl (C=O) groups excluding carboxylic acids is 1. The summed E-state index contributed by atoms with van der Waals surface area (Å²) in [7, 11) is 0. The van der Waals surface area contributed by atoms with Gasteiger partial charge >= 0.3 is 5.97 Å². The Morgan fingerprint density at radius 1 is 1.25 bits per heavy atom. The predicted molar refractivity (Wildman–Crippen MR) is 50.7 cm³/mol. The molecular weight excluding hydrogens is 218 g/mol. The minimum atomic E-state index is -1.11. The first kappa shape index (κ1) is 11.6. The van der Waals surface area contributed by atoms with Crippen molar-refractivity contribution in [1.82, 2.24) is 0 Å². The topological polar surface area (TPSA) is 107 Å². The monoisotopic (exact) mass is 225 g/mol. The summed E-state index contributed by atoms with van der Waals surface area (Å²) in [5.41, 5.74) is 0.193. The van der Waals surface area contributed by atoms with Crippen LogP contribution in [-0.4, -0.2) is 28.6 Å². The first-order chi connectivity index (χ1) is 7.50. The van der Waals surface area contributed by atoms with Crippen LogP contribution in [0.2, 0.25) is 0 Å². The second-order valence-electron chi connectivity index (χ2n) is 2.80. The highest BCUT2D eigenvalue weighted by Gasteiger charge is 2.09. The van der Waals surface area contributed by atoms with Gasteiger partial charge in [0.1, 0.15) is 0 Å². The Morgan fingerprint density at radius 2 is 1.75 bits per heavy atom. The summed E-state index contributed by atoms with van der Waals surface area (Å²) >= 11 is 0. The van der Waals surface area contributed by atoms with Gasteiger partial charge < -0.3 is 9.94 Å². The minimum Gasteiger partial charge on any atom is -0.478 e. The van der Waals surface area contributed by atoms with Gasteiger partial charge in [0.15, 0.2) is 12.4 Å². The number of ketones is 1. The van der Waals surface area contributed by atoms with Crippen molar-refractivity contribution in [2.24, 2.45) is 0 Å². The van der Waals surface area contributed by atoms with Crippen molar-refractivity contribution < 1.29 is 24.6 Å². The van der Waals surface area contributed by atoms with Gasteiger partial charge in [0.05, 0.1) is 5.56 Å². The van der Waals surface area contributed by atoms with Gasteiger partial charge in [-0.25, -0.2) is 4.79 Å². The summed E-state index contributed by atoms with van der Waals surface area (Å²) in [5, 5.41) is 17.4. The molecule has 1 aromatic carbocycles. The molecule has 0 saturated carbocycles. The highest BCUT2D eigenvalue weighted by molar-refractivity contribution is 5.98. The number of hydrogen-bond acceptors (Lipinski definition) is 5. The zero-order valence-electron chi connectivity index (χ0n) is 7.95. The van der Waals surface area contributed by atoms with Gasteiger partial charge in [0.2, 0.25) is 0 Å². The zero-order valence-corrected chi connectivity index (χ0v) is 7.95. The van der Waals surface area contributed by atoms with Crippen LogP contribution in [-0.2, 0) is 4.84 Å². The van der Waals surface area contributed by atoms with Crippen molar-refractivity contribution in [3.63, 3.8) is 0 Å². The van der Waals surface area contributed by atoms with E-state index in [0.29, 0.717) is 0 Å². The average molecular weight is 225 g/mol. The van der Waals surface area contributed by atoms with Gasteiger partial charge in [-0.1, -0.05) is 12.1 Å². The Labute approximate surface area is 89.4 Å². The molecule has 0 spiro atoms. The summed E-state index contributed by atoms with van der Waals surface area (Å²) in [6, 6.07) is 5.02. The van der Waals surface area contributed by atoms with Crippen LogP contribution < -0.4 is 0 Å². The third-order valence-electron chi connectivity index (χ3n) is 1.75. The molecule has 0 heterocycles. The normalized spacial score (nSPS) is 9.50. The van der Waals surface area contributed by atoms with Gasteiger partial charge in [-0.15, -0.1) is 10.1 Å². The van der Waals surface area contributed by atoms with Gasteiger partial charge in [0.25, 0.3) is 5.09 Å². The SMILES string of the molecule is O=C(O)c1ccc(C(=O)CO[N+](=O)[O-])cc1. The first-order valence-electron chi connectivity index (χ1n) is 4.14. The third kappa shape index (κ3) is 3.05. The van der Waals surface area contributed by atoms with E-state index in [0.717, 1.165) is 0 Å². The molecule has 84 valence electrons. The Bertz CT molecular complexity index is 424. The summed E-state index contributed by atoms with van der Waals surface area (Å²) in [6.07, 6.45) is 0. The maximum absolute atomic E-state index is 11.3. The molecule has 0 aliphatic heterocycles. The van der Waals surface area contributed by atoms with E-state index in [1.165, 1.54) is 24.3 Å². The summed E-state index contributed by atoms with van der Waals surface area (Å²) in [5.74, 6) is -1.70. The molecule has 0 bridgehead atoms. The minimum absolute atomic E-state index is 0.0340. The fourth-order valence-electron chi connectivity index (χ4n) is 0.993. The van der Waals surface area contributed by atoms with Crippen molar-refractivity contribution in [3.8, 4) is 0 Å². The lowest BCUT2D eigenvalue weighted by atomic mass is 10.1. The molecule has 0 atom stereocenters. The van der Waals surface area contributed by atoms with Crippen molar-refractivity contribution in [3.05, 3.63) is 45.5 Å². The third-order valence-corrected chi connectivity index (χ3v) is 1.75. The van der Waals surface area contributed by atoms with Crippen molar-refractivity contribution in [2.75, 3.05) is 6.61 Å². The van der Waals surface area contributed by atoms with Crippen molar-refractivity contribution in [2.45, 2.75) is 0 Å². The maximum Gasteiger partial charge on any atom is 0.335 e. The molecule has 1 N–H and O–H groups in total. The zero-order chi connectivity index (χ0) is 12.1. The Hall–Kier alpha value is -2.44. The van der Waals surface area contributed by atoms with Gasteiger partial charge in [-0.3, -0.25) is 4.79 Å². The van der Waals surface area contributed by atoms with E-state index < -0.39 is 23.4 Å². The van der Waals surface area contributed by atoms with Crippen LogP contribution in [0.4, 0.5) is 0 Å². The fourth-order valence-corrected chi connectivity index (χ4v) is 0.993. The van der Waals surface area contributed by atoms with Crippen LogP contribution >= 0.6 is 0 Å². The molecule has 0 fully saturated rings. The van der Waals surface area contributed by atoms with Crippen LogP contribution in [0.1, 0.15) is 20.7 Å². The Balaban J connectivity index is 2.70. The molecule has 1 rings (SSSR count). The molecule has 0 aliphatic rings. The van der Waals surface area contributed by atoms with Crippen molar-refractivity contribution in [1.29, 1.82) is 0 Å². The Morgan fingerprint density at radius 3 is 2.19 bits per heavy atom. The number of benzene rings is 1. The number of nitrogens with zero attached hydrogens (tertiary/aromatic N) is 1. The van der Waals surface area contributed by atoms with E-state index >= 15 is 0 Å². The molecule has 0 saturated heterocycles. The second-order valence-corrected chi connectivity index (χ2v) is 2.80. The molecule has 7 nitrogen and oxygen atoms in total. The molecule has 0 aromatic heterocycles. The maximum atomic E-state index is 11.3. The van der Waals surface area contributed by atoms with Crippen LogP contribution in [0.3, 0.4) is 0 Å². The van der Waals surface area contributed by atoms with E-state index in [4.69, 9.17) is 5.11 Å². The molecule has 0 amide bonds. The molecule has 7 heteroatoms. The molecule has 0 aliphatic carbocycles. The molecular formula is C9H7NO6. The van der Waals surface area contributed by atoms with E-state index in [1.54, 1.807) is 0 Å². The van der Waals surface area contributed by atoms with Crippen LogP contribution in [0.5, 0.6) is 0 Å². The highest BCUT2D eigenvalue weighted by Crippen LogP contribution is 2.05. The standard InChI is InChI=1S/C9H7NO6/c11-8(5-16-10(14)15)6-1-3-7(4-2-6)9(12)13/h1-4H,5H2,(H,12,13). The lowest BCUT2D eigenvalue weighted by Crippen LogP contribution is -2.12. The van der Waals surface area contributed by atoms with Crippen LogP contribution in [0, 0.1) is 10.1 Å². The van der Waals surface area contributed by atoms with Gasteiger partial charge in [-0.05, 0) is 12.1 Å².